The van der Waals surface area contributed by atoms with Gasteiger partial charge in [0.2, 0.25) is 0 Å². The smallest absolute Gasteiger partial charge is 0.383 e. The number of aryl methyl sites for hydroxylation is 1. The van der Waals surface area contributed by atoms with Crippen LogP contribution in [0.15, 0.2) is 48.7 Å². The van der Waals surface area contributed by atoms with Crippen molar-refractivity contribution in [2.75, 3.05) is 5.73 Å². The summed E-state index contributed by atoms with van der Waals surface area (Å²) in [5.74, 6) is -0.0986. The number of fused-ring (bicyclic) bond motifs is 3. The van der Waals surface area contributed by atoms with Crippen LogP contribution in [0.5, 0.6) is 0 Å². The maximum atomic E-state index is 13.5. The molecule has 2 aromatic carbocycles. The van der Waals surface area contributed by atoms with Gasteiger partial charge in [-0.2, -0.15) is 18.3 Å². The van der Waals surface area contributed by atoms with Crippen LogP contribution >= 0.6 is 0 Å². The first-order valence-corrected chi connectivity index (χ1v) is 10.5. The quantitative estimate of drug-likeness (QED) is 0.419. The molecule has 7 nitrogen and oxygen atoms in total. The van der Waals surface area contributed by atoms with E-state index < -0.39 is 23.2 Å². The van der Waals surface area contributed by atoms with Gasteiger partial charge in [0.1, 0.15) is 5.82 Å². The van der Waals surface area contributed by atoms with Crippen LogP contribution in [0.1, 0.15) is 42.3 Å². The van der Waals surface area contributed by atoms with Gasteiger partial charge in [0.25, 0.3) is 5.91 Å². The number of nitrogens with two attached hydrogens (primary N) is 1. The van der Waals surface area contributed by atoms with Crippen LogP contribution in [0.4, 0.5) is 19.0 Å². The Morgan fingerprint density at radius 1 is 1.09 bits per heavy atom. The molecule has 0 radical (unpaired) electrons. The molecule has 2 N–H and O–H groups in total. The third kappa shape index (κ3) is 4.67. The van der Waals surface area contributed by atoms with Crippen molar-refractivity contribution < 1.29 is 22.8 Å². The minimum Gasteiger partial charge on any atom is -0.383 e. The third-order valence-electron chi connectivity index (χ3n) is 5.17. The van der Waals surface area contributed by atoms with Crippen LogP contribution in [0.25, 0.3) is 21.8 Å². The normalized spacial score (nSPS) is 12.4. The number of hydrogen-bond acceptors (Lipinski definition) is 5. The number of aromatic nitrogens is 3. The molecule has 10 heteroatoms. The fraction of sp³-hybridized carbons (Fsp3) is 0.292. The Morgan fingerprint density at radius 2 is 1.76 bits per heavy atom. The minimum absolute atomic E-state index is 0.0343. The van der Waals surface area contributed by atoms with Gasteiger partial charge in [0, 0.05) is 18.0 Å². The number of hydroxylamine groups is 2. The van der Waals surface area contributed by atoms with Crippen LogP contribution in [0.3, 0.4) is 0 Å². The van der Waals surface area contributed by atoms with E-state index in [2.05, 4.69) is 10.1 Å². The van der Waals surface area contributed by atoms with Gasteiger partial charge >= 0.3 is 6.18 Å². The Kier molecular flexibility index (Phi) is 5.72. The van der Waals surface area contributed by atoms with Gasteiger partial charge in [-0.05, 0) is 56.7 Å². The van der Waals surface area contributed by atoms with E-state index in [4.69, 9.17) is 10.6 Å². The molecular formula is C24H24F3N5O2. The van der Waals surface area contributed by atoms with Gasteiger partial charge < -0.3 is 5.73 Å². The predicted molar refractivity (Wildman–Crippen MR) is 123 cm³/mol. The van der Waals surface area contributed by atoms with Crippen LogP contribution in [-0.2, 0) is 24.6 Å². The van der Waals surface area contributed by atoms with Gasteiger partial charge in [0.15, 0.2) is 0 Å². The largest absolute Gasteiger partial charge is 0.416 e. The molecule has 0 unspecified atom stereocenters. The minimum atomic E-state index is -4.43. The zero-order valence-electron chi connectivity index (χ0n) is 19.1. The Bertz CT molecular complexity index is 1370. The van der Waals surface area contributed by atoms with Crippen molar-refractivity contribution in [2.24, 2.45) is 7.05 Å². The highest BCUT2D eigenvalue weighted by Crippen LogP contribution is 2.31. The molecule has 0 aliphatic heterocycles. The molecular weight excluding hydrogens is 447 g/mol. The Balaban J connectivity index is 1.72. The average Bonchev–Trinajstić information content (AvgIpc) is 3.14. The lowest BCUT2D eigenvalue weighted by Crippen LogP contribution is -2.38. The van der Waals surface area contributed by atoms with Crippen molar-refractivity contribution in [3.63, 3.8) is 0 Å². The van der Waals surface area contributed by atoms with E-state index in [0.29, 0.717) is 33.2 Å². The summed E-state index contributed by atoms with van der Waals surface area (Å²) >= 11 is 0. The zero-order chi connectivity index (χ0) is 24.8. The second kappa shape index (κ2) is 8.28. The van der Waals surface area contributed by atoms with Gasteiger partial charge in [-0.25, -0.2) is 10.0 Å². The summed E-state index contributed by atoms with van der Waals surface area (Å²) in [6.07, 6.45) is -2.82. The highest BCUT2D eigenvalue weighted by atomic mass is 19.4. The fourth-order valence-electron chi connectivity index (χ4n) is 3.68. The van der Waals surface area contributed by atoms with E-state index in [1.54, 1.807) is 56.9 Å². The average molecular weight is 471 g/mol. The molecule has 2 heterocycles. The Labute approximate surface area is 193 Å². The van der Waals surface area contributed by atoms with Crippen molar-refractivity contribution in [2.45, 2.75) is 39.1 Å². The lowest BCUT2D eigenvalue weighted by molar-refractivity contribution is -0.201. The lowest BCUT2D eigenvalue weighted by atomic mass is 10.1. The molecule has 0 bridgehead atoms. The maximum Gasteiger partial charge on any atom is 0.416 e. The van der Waals surface area contributed by atoms with Crippen molar-refractivity contribution >= 4 is 33.5 Å². The van der Waals surface area contributed by atoms with Crippen LogP contribution in [-0.4, -0.2) is 31.3 Å². The molecule has 0 aliphatic carbocycles. The topological polar surface area (TPSA) is 86.3 Å². The van der Waals surface area contributed by atoms with Gasteiger partial charge in [-0.1, -0.05) is 12.1 Å². The number of alkyl halides is 3. The maximum absolute atomic E-state index is 13.5. The summed E-state index contributed by atoms with van der Waals surface area (Å²) in [6, 6.07) is 9.65. The summed E-state index contributed by atoms with van der Waals surface area (Å²) in [5.41, 5.74) is 6.74. The van der Waals surface area contributed by atoms with E-state index in [1.165, 1.54) is 12.1 Å². The first-order chi connectivity index (χ1) is 15.8. The van der Waals surface area contributed by atoms with E-state index >= 15 is 0 Å². The third-order valence-corrected chi connectivity index (χ3v) is 5.17. The van der Waals surface area contributed by atoms with Crippen molar-refractivity contribution in [1.82, 2.24) is 19.8 Å². The molecule has 0 saturated carbocycles. The molecule has 34 heavy (non-hydrogen) atoms. The van der Waals surface area contributed by atoms with Crippen molar-refractivity contribution in [3.05, 3.63) is 65.4 Å². The number of pyridine rings is 1. The van der Waals surface area contributed by atoms with Crippen molar-refractivity contribution in [1.29, 1.82) is 0 Å². The SMILES string of the molecule is Cn1ncc2c(N)nc3ccc(C(=O)N(Cc4ccc(C(F)(F)F)cc4)OC(C)(C)C)cc3c21. The highest BCUT2D eigenvalue weighted by molar-refractivity contribution is 6.10. The van der Waals surface area contributed by atoms with Crippen LogP contribution in [0.2, 0.25) is 0 Å². The van der Waals surface area contributed by atoms with Crippen molar-refractivity contribution in [3.8, 4) is 0 Å². The number of anilines is 1. The summed E-state index contributed by atoms with van der Waals surface area (Å²) < 4.78 is 40.4. The molecule has 1 amide bonds. The fourth-order valence-corrected chi connectivity index (χ4v) is 3.68. The lowest BCUT2D eigenvalue weighted by Gasteiger charge is -2.30. The van der Waals surface area contributed by atoms with E-state index in [9.17, 15) is 18.0 Å². The van der Waals surface area contributed by atoms with E-state index in [1.807, 2.05) is 0 Å². The first-order valence-electron chi connectivity index (χ1n) is 10.5. The highest BCUT2D eigenvalue weighted by Gasteiger charge is 2.30. The van der Waals surface area contributed by atoms with Gasteiger partial charge in [0.05, 0.1) is 40.3 Å². The molecule has 4 rings (SSSR count). The summed E-state index contributed by atoms with van der Waals surface area (Å²) in [5, 5.41) is 6.77. The number of rotatable bonds is 4. The second-order valence-electron chi connectivity index (χ2n) is 9.00. The zero-order valence-corrected chi connectivity index (χ0v) is 19.1. The van der Waals surface area contributed by atoms with Gasteiger partial charge in [-0.3, -0.25) is 14.3 Å². The number of halogens is 3. The number of nitrogens with zero attached hydrogens (tertiary/aromatic N) is 4. The number of nitrogen functional groups attached to an aromatic ring is 1. The number of carbonyl (C=O) groups is 1. The number of amides is 1. The van der Waals surface area contributed by atoms with Crippen LogP contribution in [0, 0.1) is 0 Å². The summed E-state index contributed by atoms with van der Waals surface area (Å²) in [6.45, 7) is 5.32. The molecule has 178 valence electrons. The molecule has 0 saturated heterocycles. The Hall–Kier alpha value is -3.66. The molecule has 2 aromatic heterocycles. The number of benzene rings is 2. The first kappa shape index (κ1) is 23.5. The molecule has 0 atom stereocenters. The van der Waals surface area contributed by atoms with E-state index in [0.717, 1.165) is 22.7 Å². The standard InChI is InChI=1S/C24H24F3N5O2/c1-23(2,3)34-32(13-14-5-8-16(9-6-14)24(25,26)27)22(33)15-7-10-19-17(11-15)20-18(21(28)30-19)12-29-31(20)4/h5-12H,13H2,1-4H3,(H2,28,30). The second-order valence-corrected chi connectivity index (χ2v) is 9.00. The summed E-state index contributed by atoms with van der Waals surface area (Å²) in [7, 11) is 1.77. The monoisotopic (exact) mass is 471 g/mol. The number of carbonyl (C=O) groups excluding carboxylic acids is 1. The molecule has 0 spiro atoms. The predicted octanol–water partition coefficient (Wildman–Crippen LogP) is 5.10. The van der Waals surface area contributed by atoms with Gasteiger partial charge in [-0.15, -0.1) is 0 Å². The number of hydrogen-bond donors (Lipinski definition) is 1. The van der Waals surface area contributed by atoms with Crippen LogP contribution < -0.4 is 5.73 Å². The molecule has 0 aliphatic rings. The Morgan fingerprint density at radius 3 is 2.38 bits per heavy atom. The summed E-state index contributed by atoms with van der Waals surface area (Å²) in [4.78, 5) is 23.8. The van der Waals surface area contributed by atoms with E-state index in [-0.39, 0.29) is 6.54 Å². The molecule has 0 fully saturated rings. The molecule has 4 aromatic rings.